The lowest BCUT2D eigenvalue weighted by Gasteiger charge is -2.10. The Kier molecular flexibility index (Phi) is 5.89. The number of benzene rings is 1. The van der Waals surface area contributed by atoms with E-state index in [0.29, 0.717) is 28.4 Å². The number of hydrogen-bond acceptors (Lipinski definition) is 6. The topological polar surface area (TPSA) is 112 Å². The van der Waals surface area contributed by atoms with Crippen LogP contribution < -0.4 is 5.32 Å². The van der Waals surface area contributed by atoms with Crippen LogP contribution in [0.4, 0.5) is 18.9 Å². The molecule has 1 N–H and O–H groups in total. The largest absolute Gasteiger partial charge is 0.518 e. The molecule has 0 aliphatic heterocycles. The van der Waals surface area contributed by atoms with Gasteiger partial charge in [-0.05, 0) is 43.0 Å². The van der Waals surface area contributed by atoms with Crippen molar-refractivity contribution in [2.24, 2.45) is 13.0 Å². The molecule has 0 spiro atoms. The van der Waals surface area contributed by atoms with E-state index >= 15 is 0 Å². The summed E-state index contributed by atoms with van der Waals surface area (Å²) < 4.78 is 67.5. The van der Waals surface area contributed by atoms with Crippen LogP contribution in [0, 0.1) is 5.92 Å². The lowest BCUT2D eigenvalue weighted by atomic mass is 10.0. The molecular formula is C24H21F3N6O3S. The Morgan fingerprint density at radius 3 is 2.57 bits per heavy atom. The number of aryl methyl sites for hydroxylation is 1. The molecule has 3 aromatic heterocycles. The van der Waals surface area contributed by atoms with Gasteiger partial charge in [-0.3, -0.25) is 9.48 Å². The van der Waals surface area contributed by atoms with Crippen molar-refractivity contribution in [3.63, 3.8) is 0 Å². The van der Waals surface area contributed by atoms with Gasteiger partial charge in [0.1, 0.15) is 16.7 Å². The Bertz CT molecular complexity index is 1670. The van der Waals surface area contributed by atoms with Crippen LogP contribution in [0.15, 0.2) is 48.8 Å². The van der Waals surface area contributed by atoms with E-state index in [1.807, 2.05) is 6.08 Å². The lowest BCUT2D eigenvalue weighted by Crippen LogP contribution is -2.30. The molecule has 0 atom stereocenters. The van der Waals surface area contributed by atoms with Gasteiger partial charge in [-0.25, -0.2) is 4.98 Å². The molecule has 1 aromatic carbocycles. The first-order valence-electron chi connectivity index (χ1n) is 11.2. The maximum Gasteiger partial charge on any atom is 0.518 e. The van der Waals surface area contributed by atoms with Gasteiger partial charge in [0.15, 0.2) is 0 Å². The number of pyridine rings is 1. The molecule has 0 unspecified atom stereocenters. The van der Waals surface area contributed by atoms with Gasteiger partial charge in [0, 0.05) is 42.5 Å². The number of hydrogen-bond donors (Lipinski definition) is 1. The summed E-state index contributed by atoms with van der Waals surface area (Å²) in [5, 5.41) is 10.6. The zero-order chi connectivity index (χ0) is 26.5. The minimum Gasteiger partial charge on any atom is -0.326 e. The minimum absolute atomic E-state index is 0.0238. The van der Waals surface area contributed by atoms with E-state index in [4.69, 9.17) is 0 Å². The SMILES string of the molecule is CC(=O)Nc1cccc(-c2nn(S(=O)(=O)C(F)(F)F)c3cc(-c4cnn(C)c4)c(/C=C/C4CC4)nc23)c1. The maximum atomic E-state index is 13.6. The van der Waals surface area contributed by atoms with Crippen molar-refractivity contribution in [1.82, 2.24) is 24.0 Å². The summed E-state index contributed by atoms with van der Waals surface area (Å²) in [6.45, 7) is 1.31. The van der Waals surface area contributed by atoms with E-state index in [1.165, 1.54) is 29.9 Å². The summed E-state index contributed by atoms with van der Waals surface area (Å²) in [6, 6.07) is 7.54. The van der Waals surface area contributed by atoms with Gasteiger partial charge in [-0.1, -0.05) is 18.2 Å². The number of fused-ring (bicyclic) bond motifs is 1. The molecule has 192 valence electrons. The predicted molar refractivity (Wildman–Crippen MR) is 132 cm³/mol. The maximum absolute atomic E-state index is 13.6. The van der Waals surface area contributed by atoms with Gasteiger partial charge in [-0.2, -0.15) is 31.8 Å². The highest BCUT2D eigenvalue weighted by Gasteiger charge is 2.49. The van der Waals surface area contributed by atoms with Gasteiger partial charge in [0.05, 0.1) is 11.9 Å². The van der Waals surface area contributed by atoms with Crippen molar-refractivity contribution in [1.29, 1.82) is 0 Å². The zero-order valence-electron chi connectivity index (χ0n) is 19.7. The van der Waals surface area contributed by atoms with Crippen LogP contribution in [0.5, 0.6) is 0 Å². The molecular weight excluding hydrogens is 509 g/mol. The summed E-state index contributed by atoms with van der Waals surface area (Å²) in [6.07, 6.45) is 9.00. The molecule has 37 heavy (non-hydrogen) atoms. The quantitative estimate of drug-likeness (QED) is 0.391. The molecule has 0 bridgehead atoms. The van der Waals surface area contributed by atoms with Gasteiger partial charge in [0.25, 0.3) is 0 Å². The summed E-state index contributed by atoms with van der Waals surface area (Å²) in [4.78, 5) is 16.1. The van der Waals surface area contributed by atoms with Gasteiger partial charge in [-0.15, -0.1) is 4.09 Å². The fourth-order valence-corrected chi connectivity index (χ4v) is 4.67. The predicted octanol–water partition coefficient (Wildman–Crippen LogP) is 4.58. The minimum atomic E-state index is -5.88. The van der Waals surface area contributed by atoms with Crippen LogP contribution >= 0.6 is 0 Å². The third-order valence-corrected chi connectivity index (χ3v) is 7.11. The number of anilines is 1. The molecule has 4 aromatic rings. The normalized spacial score (nSPS) is 14.5. The summed E-state index contributed by atoms with van der Waals surface area (Å²) >= 11 is 0. The number of alkyl halides is 3. The third kappa shape index (κ3) is 4.73. The lowest BCUT2D eigenvalue weighted by molar-refractivity contribution is -0.114. The average molecular weight is 531 g/mol. The smallest absolute Gasteiger partial charge is 0.326 e. The van der Waals surface area contributed by atoms with E-state index in [9.17, 15) is 26.4 Å². The highest BCUT2D eigenvalue weighted by atomic mass is 32.2. The Morgan fingerprint density at radius 1 is 1.19 bits per heavy atom. The van der Waals surface area contributed by atoms with Gasteiger partial charge >= 0.3 is 15.5 Å². The molecule has 1 aliphatic carbocycles. The first kappa shape index (κ1) is 24.7. The molecule has 5 rings (SSSR count). The molecule has 1 aliphatic rings. The third-order valence-electron chi connectivity index (χ3n) is 5.79. The van der Waals surface area contributed by atoms with E-state index in [0.717, 1.165) is 12.8 Å². The fraction of sp³-hybridized carbons (Fsp3) is 0.250. The summed E-state index contributed by atoms with van der Waals surface area (Å²) in [5.41, 5.74) is -3.98. The standard InChI is InChI=1S/C24H21F3N6O3S/c1-14(34)29-18-5-3-4-16(10-18)22-23-21(33(31-22)37(35,36)24(25,26)27)11-19(17-12-28-32(2)13-17)20(30-23)9-8-15-6-7-15/h3-5,8-13,15H,6-7H2,1-2H3,(H,29,34)/b9-8+. The van der Waals surface area contributed by atoms with Crippen molar-refractivity contribution >= 4 is 38.7 Å². The van der Waals surface area contributed by atoms with Gasteiger partial charge in [0.2, 0.25) is 5.91 Å². The number of carbonyl (C=O) groups excluding carboxylic acids is 1. The van der Waals surface area contributed by atoms with E-state index in [1.54, 1.807) is 37.5 Å². The van der Waals surface area contributed by atoms with Crippen LogP contribution in [-0.4, -0.2) is 43.8 Å². The molecule has 9 nitrogen and oxygen atoms in total. The molecule has 13 heteroatoms. The van der Waals surface area contributed by atoms with Crippen molar-refractivity contribution in [2.45, 2.75) is 25.3 Å². The van der Waals surface area contributed by atoms with Crippen LogP contribution in [0.1, 0.15) is 25.5 Å². The number of allylic oxidation sites excluding steroid dienone is 1. The molecule has 1 saturated carbocycles. The van der Waals surface area contributed by atoms with Crippen LogP contribution in [0.2, 0.25) is 0 Å². The van der Waals surface area contributed by atoms with Crippen molar-refractivity contribution in [2.75, 3.05) is 5.32 Å². The summed E-state index contributed by atoms with van der Waals surface area (Å²) in [7, 11) is -4.20. The molecule has 1 amide bonds. The monoisotopic (exact) mass is 530 g/mol. The Hall–Kier alpha value is -4.00. The molecule has 1 fully saturated rings. The Balaban J connectivity index is 1.81. The first-order chi connectivity index (χ1) is 17.4. The Morgan fingerprint density at radius 2 is 1.95 bits per heavy atom. The number of nitrogens with zero attached hydrogens (tertiary/aromatic N) is 5. The van der Waals surface area contributed by atoms with Crippen LogP contribution in [0.3, 0.4) is 0 Å². The summed E-state index contributed by atoms with van der Waals surface area (Å²) in [5.74, 6) is 0.0420. The fourth-order valence-electron chi connectivity index (χ4n) is 3.89. The zero-order valence-corrected chi connectivity index (χ0v) is 20.5. The highest BCUT2D eigenvalue weighted by molar-refractivity contribution is 7.90. The van der Waals surface area contributed by atoms with Crippen molar-refractivity contribution in [3.8, 4) is 22.4 Å². The second-order valence-corrected chi connectivity index (χ2v) is 10.6. The second-order valence-electron chi connectivity index (χ2n) is 8.79. The van der Waals surface area contributed by atoms with E-state index < -0.39 is 15.5 Å². The van der Waals surface area contributed by atoms with E-state index in [2.05, 4.69) is 20.5 Å². The number of aromatic nitrogens is 5. The number of carbonyl (C=O) groups is 1. The van der Waals surface area contributed by atoms with Gasteiger partial charge < -0.3 is 5.32 Å². The first-order valence-corrected chi connectivity index (χ1v) is 12.7. The number of nitrogens with one attached hydrogen (secondary N) is 1. The van der Waals surface area contributed by atoms with Crippen molar-refractivity contribution < 1.29 is 26.4 Å². The van der Waals surface area contributed by atoms with E-state index in [-0.39, 0.29) is 32.3 Å². The highest BCUT2D eigenvalue weighted by Crippen LogP contribution is 2.37. The van der Waals surface area contributed by atoms with Crippen molar-refractivity contribution in [3.05, 3.63) is 54.5 Å². The Labute approximate surface area is 209 Å². The number of rotatable bonds is 6. The molecule has 0 saturated heterocycles. The number of amides is 1. The molecule has 3 heterocycles. The second kappa shape index (κ2) is 8.83. The van der Waals surface area contributed by atoms with Crippen LogP contribution in [-0.2, 0) is 21.9 Å². The average Bonchev–Trinajstić information content (AvgIpc) is 3.42. The molecule has 0 radical (unpaired) electrons. The number of halogens is 3. The van der Waals surface area contributed by atoms with Crippen LogP contribution in [0.25, 0.3) is 39.5 Å².